The zero-order valence-electron chi connectivity index (χ0n) is 8.74. The predicted molar refractivity (Wildman–Crippen MR) is 61.3 cm³/mol. The fraction of sp³-hybridized carbons (Fsp3) is 0.333. The van der Waals surface area contributed by atoms with Gasteiger partial charge in [0.25, 0.3) is 0 Å². The van der Waals surface area contributed by atoms with Crippen molar-refractivity contribution in [3.8, 4) is 0 Å². The van der Waals surface area contributed by atoms with E-state index in [1.807, 2.05) is 6.92 Å². The first-order chi connectivity index (χ1) is 7.01. The van der Waals surface area contributed by atoms with Gasteiger partial charge in [-0.3, -0.25) is 0 Å². The summed E-state index contributed by atoms with van der Waals surface area (Å²) in [4.78, 5) is 0.171. The Morgan fingerprint density at radius 3 is 2.53 bits per heavy atom. The molecule has 1 aromatic carbocycles. The lowest BCUT2D eigenvalue weighted by Gasteiger charge is -2.09. The minimum absolute atomic E-state index is 0.171. The SMILES string of the molecule is CCNc1ccc(S(=O)(=O)NC)cc1N. The summed E-state index contributed by atoms with van der Waals surface area (Å²) < 4.78 is 25.1. The third kappa shape index (κ3) is 2.60. The van der Waals surface area contributed by atoms with Crippen LogP contribution in [0.1, 0.15) is 6.92 Å². The summed E-state index contributed by atoms with van der Waals surface area (Å²) in [6.07, 6.45) is 0. The first kappa shape index (κ1) is 11.8. The van der Waals surface area contributed by atoms with Crippen molar-refractivity contribution in [3.63, 3.8) is 0 Å². The van der Waals surface area contributed by atoms with E-state index in [4.69, 9.17) is 5.73 Å². The van der Waals surface area contributed by atoms with Gasteiger partial charge in [0.05, 0.1) is 16.3 Å². The van der Waals surface area contributed by atoms with Crippen LogP contribution in [-0.4, -0.2) is 22.0 Å². The first-order valence-corrected chi connectivity index (χ1v) is 6.06. The molecule has 1 rings (SSSR count). The lowest BCUT2D eigenvalue weighted by Crippen LogP contribution is -2.18. The van der Waals surface area contributed by atoms with Gasteiger partial charge >= 0.3 is 0 Å². The van der Waals surface area contributed by atoms with Crippen LogP contribution < -0.4 is 15.8 Å². The molecule has 5 nitrogen and oxygen atoms in total. The normalized spacial score (nSPS) is 11.3. The monoisotopic (exact) mass is 229 g/mol. The summed E-state index contributed by atoms with van der Waals surface area (Å²) in [7, 11) is -2.05. The Kier molecular flexibility index (Phi) is 3.54. The Hall–Kier alpha value is -1.27. The number of nitrogens with two attached hydrogens (primary N) is 1. The molecule has 0 aliphatic rings. The lowest BCUT2D eigenvalue weighted by molar-refractivity contribution is 0.588. The van der Waals surface area contributed by atoms with Crippen molar-refractivity contribution in [1.29, 1.82) is 0 Å². The van der Waals surface area contributed by atoms with Crippen LogP contribution in [-0.2, 0) is 10.0 Å². The molecule has 0 unspecified atom stereocenters. The highest BCUT2D eigenvalue weighted by Crippen LogP contribution is 2.21. The van der Waals surface area contributed by atoms with Crippen LogP contribution in [0, 0.1) is 0 Å². The van der Waals surface area contributed by atoms with Crippen LogP contribution in [0.3, 0.4) is 0 Å². The van der Waals surface area contributed by atoms with Crippen molar-refractivity contribution in [2.45, 2.75) is 11.8 Å². The van der Waals surface area contributed by atoms with Crippen molar-refractivity contribution in [2.75, 3.05) is 24.6 Å². The summed E-state index contributed by atoms with van der Waals surface area (Å²) >= 11 is 0. The first-order valence-electron chi connectivity index (χ1n) is 4.58. The molecule has 0 spiro atoms. The zero-order valence-corrected chi connectivity index (χ0v) is 9.56. The highest BCUT2D eigenvalue weighted by Gasteiger charge is 2.12. The number of anilines is 2. The van der Waals surface area contributed by atoms with E-state index in [0.717, 1.165) is 12.2 Å². The molecule has 0 aliphatic heterocycles. The van der Waals surface area contributed by atoms with E-state index >= 15 is 0 Å². The third-order valence-corrected chi connectivity index (χ3v) is 3.38. The molecule has 0 heterocycles. The average Bonchev–Trinajstić information content (AvgIpc) is 2.21. The second-order valence-corrected chi connectivity index (χ2v) is 4.87. The van der Waals surface area contributed by atoms with Gasteiger partial charge in [0.15, 0.2) is 0 Å². The smallest absolute Gasteiger partial charge is 0.240 e. The quantitative estimate of drug-likeness (QED) is 0.660. The van der Waals surface area contributed by atoms with E-state index in [1.54, 1.807) is 6.07 Å². The van der Waals surface area contributed by atoms with Crippen molar-refractivity contribution in [3.05, 3.63) is 18.2 Å². The number of nitrogens with one attached hydrogen (secondary N) is 2. The molecule has 6 heteroatoms. The fourth-order valence-electron chi connectivity index (χ4n) is 1.18. The van der Waals surface area contributed by atoms with Crippen molar-refractivity contribution in [2.24, 2.45) is 0 Å². The Labute approximate surface area is 89.7 Å². The van der Waals surface area contributed by atoms with Gasteiger partial charge in [-0.05, 0) is 32.2 Å². The lowest BCUT2D eigenvalue weighted by atomic mass is 10.2. The maximum absolute atomic E-state index is 11.4. The maximum Gasteiger partial charge on any atom is 0.240 e. The molecule has 0 amide bonds. The Morgan fingerprint density at radius 2 is 2.07 bits per heavy atom. The van der Waals surface area contributed by atoms with Gasteiger partial charge in [-0.25, -0.2) is 13.1 Å². The average molecular weight is 229 g/mol. The van der Waals surface area contributed by atoms with E-state index < -0.39 is 10.0 Å². The highest BCUT2D eigenvalue weighted by molar-refractivity contribution is 7.89. The van der Waals surface area contributed by atoms with Gasteiger partial charge in [-0.1, -0.05) is 0 Å². The standard InChI is InChI=1S/C9H15N3O2S/c1-3-12-9-5-4-7(6-8(9)10)15(13,14)11-2/h4-6,11-12H,3,10H2,1-2H3. The molecule has 0 fully saturated rings. The Balaban J connectivity index is 3.12. The van der Waals surface area contributed by atoms with Crippen LogP contribution in [0.5, 0.6) is 0 Å². The molecule has 0 radical (unpaired) electrons. The molecule has 0 atom stereocenters. The second kappa shape index (κ2) is 4.50. The molecular formula is C9H15N3O2S. The summed E-state index contributed by atoms with van der Waals surface area (Å²) in [5.74, 6) is 0. The third-order valence-electron chi connectivity index (χ3n) is 1.97. The maximum atomic E-state index is 11.4. The molecule has 0 saturated heterocycles. The van der Waals surface area contributed by atoms with Gasteiger partial charge in [0.2, 0.25) is 10.0 Å². The van der Waals surface area contributed by atoms with Crippen molar-refractivity contribution in [1.82, 2.24) is 4.72 Å². The predicted octanol–water partition coefficient (Wildman–Crippen LogP) is 0.609. The van der Waals surface area contributed by atoms with Crippen molar-refractivity contribution < 1.29 is 8.42 Å². The number of benzene rings is 1. The topological polar surface area (TPSA) is 84.2 Å². The molecule has 0 aromatic heterocycles. The summed E-state index contributed by atoms with van der Waals surface area (Å²) in [5.41, 5.74) is 6.87. The Bertz CT molecular complexity index is 443. The molecule has 0 saturated carbocycles. The van der Waals surface area contributed by atoms with E-state index in [9.17, 15) is 8.42 Å². The van der Waals surface area contributed by atoms with Crippen LogP contribution in [0.25, 0.3) is 0 Å². The minimum Gasteiger partial charge on any atom is -0.397 e. The largest absolute Gasteiger partial charge is 0.397 e. The molecule has 4 N–H and O–H groups in total. The van der Waals surface area contributed by atoms with Gasteiger partial charge in [-0.15, -0.1) is 0 Å². The number of hydrogen-bond donors (Lipinski definition) is 3. The van der Waals surface area contributed by atoms with Gasteiger partial charge in [0.1, 0.15) is 0 Å². The van der Waals surface area contributed by atoms with Crippen LogP contribution >= 0.6 is 0 Å². The van der Waals surface area contributed by atoms with E-state index in [1.165, 1.54) is 19.2 Å². The van der Waals surface area contributed by atoms with E-state index in [0.29, 0.717) is 5.69 Å². The number of hydrogen-bond acceptors (Lipinski definition) is 4. The zero-order chi connectivity index (χ0) is 11.5. The van der Waals surface area contributed by atoms with Gasteiger partial charge in [0, 0.05) is 6.54 Å². The van der Waals surface area contributed by atoms with Gasteiger partial charge < -0.3 is 11.1 Å². The molecule has 0 aliphatic carbocycles. The highest BCUT2D eigenvalue weighted by atomic mass is 32.2. The number of nitrogen functional groups attached to an aromatic ring is 1. The number of sulfonamides is 1. The Morgan fingerprint density at radius 1 is 1.40 bits per heavy atom. The van der Waals surface area contributed by atoms with E-state index in [2.05, 4.69) is 10.0 Å². The second-order valence-electron chi connectivity index (χ2n) is 2.99. The molecule has 15 heavy (non-hydrogen) atoms. The number of rotatable bonds is 4. The summed E-state index contributed by atoms with van der Waals surface area (Å²) in [6, 6.07) is 4.60. The summed E-state index contributed by atoms with van der Waals surface area (Å²) in [5, 5.41) is 3.03. The van der Waals surface area contributed by atoms with Crippen molar-refractivity contribution >= 4 is 21.4 Å². The van der Waals surface area contributed by atoms with Gasteiger partial charge in [-0.2, -0.15) is 0 Å². The van der Waals surface area contributed by atoms with E-state index in [-0.39, 0.29) is 4.90 Å². The van der Waals surface area contributed by atoms with Crippen LogP contribution in [0.4, 0.5) is 11.4 Å². The molecule has 84 valence electrons. The molecular weight excluding hydrogens is 214 g/mol. The fourth-order valence-corrected chi connectivity index (χ4v) is 1.94. The van der Waals surface area contributed by atoms with Crippen LogP contribution in [0.2, 0.25) is 0 Å². The molecule has 0 bridgehead atoms. The molecule has 1 aromatic rings. The summed E-state index contributed by atoms with van der Waals surface area (Å²) in [6.45, 7) is 2.68. The minimum atomic E-state index is -3.41. The van der Waals surface area contributed by atoms with Crippen LogP contribution in [0.15, 0.2) is 23.1 Å².